The van der Waals surface area contributed by atoms with Gasteiger partial charge in [0.15, 0.2) is 0 Å². The molecule has 0 saturated carbocycles. The summed E-state index contributed by atoms with van der Waals surface area (Å²) in [4.78, 5) is 22.8. The Bertz CT molecular complexity index is 614. The second-order valence-electron chi connectivity index (χ2n) is 6.46. The molecule has 1 amide bonds. The van der Waals surface area contributed by atoms with Crippen LogP contribution in [0.5, 0.6) is 0 Å². The standard InChI is InChI=1S/C17H24FNO6/c1-17(2,3)25-16(23)19-8-7-13(20)14(21)11-6-5-10(9-12(11)18)15(22)24-4/h5-6,9,13-14,20-21H,7-8H2,1-4H3,(H,19,23). The molecule has 0 fully saturated rings. The maximum Gasteiger partial charge on any atom is 0.407 e. The molecule has 25 heavy (non-hydrogen) atoms. The van der Waals surface area contributed by atoms with Gasteiger partial charge in [0.1, 0.15) is 17.5 Å². The van der Waals surface area contributed by atoms with Crippen LogP contribution in [-0.2, 0) is 9.47 Å². The number of esters is 1. The minimum atomic E-state index is -1.51. The second-order valence-corrected chi connectivity index (χ2v) is 6.46. The molecule has 0 aliphatic carbocycles. The summed E-state index contributed by atoms with van der Waals surface area (Å²) in [5.74, 6) is -1.54. The van der Waals surface area contributed by atoms with Crippen LogP contribution in [0, 0.1) is 5.82 Å². The highest BCUT2D eigenvalue weighted by Gasteiger charge is 2.23. The van der Waals surface area contributed by atoms with Crippen molar-refractivity contribution in [3.05, 3.63) is 35.1 Å². The largest absolute Gasteiger partial charge is 0.465 e. The van der Waals surface area contributed by atoms with Gasteiger partial charge in [-0.25, -0.2) is 14.0 Å². The number of halogens is 1. The SMILES string of the molecule is COC(=O)c1ccc(C(O)C(O)CCNC(=O)OC(C)(C)C)c(F)c1. The molecule has 0 spiro atoms. The molecule has 1 aromatic rings. The van der Waals surface area contributed by atoms with Crippen LogP contribution in [0.4, 0.5) is 9.18 Å². The van der Waals surface area contributed by atoms with Crippen LogP contribution in [0.1, 0.15) is 49.2 Å². The molecule has 0 radical (unpaired) electrons. The quantitative estimate of drug-likeness (QED) is 0.672. The lowest BCUT2D eigenvalue weighted by molar-refractivity contribution is 0.0103. The van der Waals surface area contributed by atoms with Gasteiger partial charge in [0.2, 0.25) is 0 Å². The predicted octanol–water partition coefficient (Wildman–Crippen LogP) is 1.92. The van der Waals surface area contributed by atoms with Gasteiger partial charge in [-0.2, -0.15) is 0 Å². The number of benzene rings is 1. The summed E-state index contributed by atoms with van der Waals surface area (Å²) in [5.41, 5.74) is -0.804. The molecule has 0 bridgehead atoms. The van der Waals surface area contributed by atoms with Gasteiger partial charge in [0.05, 0.1) is 18.8 Å². The van der Waals surface area contributed by atoms with E-state index in [0.717, 1.165) is 6.07 Å². The van der Waals surface area contributed by atoms with Crippen LogP contribution in [-0.4, -0.2) is 47.6 Å². The Morgan fingerprint density at radius 1 is 1.28 bits per heavy atom. The summed E-state index contributed by atoms with van der Waals surface area (Å²) >= 11 is 0. The van der Waals surface area contributed by atoms with Crippen molar-refractivity contribution in [2.24, 2.45) is 0 Å². The molecule has 1 rings (SSSR count). The molecule has 7 nitrogen and oxygen atoms in total. The van der Waals surface area contributed by atoms with E-state index in [1.807, 2.05) is 0 Å². The van der Waals surface area contributed by atoms with E-state index in [2.05, 4.69) is 10.1 Å². The van der Waals surface area contributed by atoms with Gasteiger partial charge in [-0.1, -0.05) is 6.07 Å². The molecule has 0 aliphatic heterocycles. The zero-order chi connectivity index (χ0) is 19.2. The molecule has 8 heteroatoms. The van der Waals surface area contributed by atoms with Crippen molar-refractivity contribution >= 4 is 12.1 Å². The number of aliphatic hydroxyl groups is 2. The molecule has 2 atom stereocenters. The Hall–Kier alpha value is -2.19. The monoisotopic (exact) mass is 357 g/mol. The topological polar surface area (TPSA) is 105 Å². The zero-order valence-electron chi connectivity index (χ0n) is 14.7. The van der Waals surface area contributed by atoms with Crippen molar-refractivity contribution < 1.29 is 33.7 Å². The smallest absolute Gasteiger partial charge is 0.407 e. The summed E-state index contributed by atoms with van der Waals surface area (Å²) in [6, 6.07) is 3.42. The first-order chi connectivity index (χ1) is 11.5. The van der Waals surface area contributed by atoms with E-state index in [9.17, 15) is 24.2 Å². The fraction of sp³-hybridized carbons (Fsp3) is 0.529. The van der Waals surface area contributed by atoms with Crippen molar-refractivity contribution in [1.82, 2.24) is 5.32 Å². The van der Waals surface area contributed by atoms with Crippen LogP contribution in [0.25, 0.3) is 0 Å². The predicted molar refractivity (Wildman–Crippen MR) is 87.6 cm³/mol. The second kappa shape index (κ2) is 8.77. The van der Waals surface area contributed by atoms with E-state index in [1.165, 1.54) is 19.2 Å². The first-order valence-corrected chi connectivity index (χ1v) is 7.76. The number of ether oxygens (including phenoxy) is 2. The van der Waals surface area contributed by atoms with E-state index in [0.29, 0.717) is 0 Å². The summed E-state index contributed by atoms with van der Waals surface area (Å²) in [7, 11) is 1.17. The Labute approximate surface area is 145 Å². The molecule has 0 saturated heterocycles. The minimum Gasteiger partial charge on any atom is -0.465 e. The Kier molecular flexibility index (Phi) is 7.32. The molecule has 3 N–H and O–H groups in total. The van der Waals surface area contributed by atoms with E-state index in [4.69, 9.17) is 4.74 Å². The third-order valence-electron chi connectivity index (χ3n) is 3.21. The average Bonchev–Trinajstić information content (AvgIpc) is 2.51. The van der Waals surface area contributed by atoms with Crippen LogP contribution in [0.15, 0.2) is 18.2 Å². The molecule has 0 aromatic heterocycles. The highest BCUT2D eigenvalue weighted by Crippen LogP contribution is 2.23. The van der Waals surface area contributed by atoms with E-state index >= 15 is 0 Å². The number of amides is 1. The van der Waals surface area contributed by atoms with Crippen molar-refractivity contribution in [2.75, 3.05) is 13.7 Å². The number of hydrogen-bond donors (Lipinski definition) is 3. The summed E-state index contributed by atoms with van der Waals surface area (Å²) < 4.78 is 23.5. The molecular weight excluding hydrogens is 333 g/mol. The number of alkyl carbamates (subject to hydrolysis) is 1. The van der Waals surface area contributed by atoms with Crippen molar-refractivity contribution in [3.63, 3.8) is 0 Å². The molecule has 0 aliphatic rings. The lowest BCUT2D eigenvalue weighted by atomic mass is 10.00. The first kappa shape index (κ1) is 20.9. The number of nitrogens with one attached hydrogen (secondary N) is 1. The summed E-state index contributed by atoms with van der Waals surface area (Å²) in [5, 5.41) is 22.5. The third-order valence-corrected chi connectivity index (χ3v) is 3.21. The van der Waals surface area contributed by atoms with E-state index < -0.39 is 35.7 Å². The van der Waals surface area contributed by atoms with Gasteiger partial charge in [0.25, 0.3) is 0 Å². The van der Waals surface area contributed by atoms with Gasteiger partial charge < -0.3 is 25.0 Å². The number of carbonyl (C=O) groups is 2. The Balaban J connectivity index is 2.60. The van der Waals surface area contributed by atoms with Crippen molar-refractivity contribution in [3.8, 4) is 0 Å². The Morgan fingerprint density at radius 3 is 2.44 bits per heavy atom. The number of carbonyl (C=O) groups excluding carboxylic acids is 2. The number of methoxy groups -OCH3 is 1. The van der Waals surface area contributed by atoms with Gasteiger partial charge in [0, 0.05) is 12.1 Å². The fourth-order valence-electron chi connectivity index (χ4n) is 2.01. The fourth-order valence-corrected chi connectivity index (χ4v) is 2.01. The molecule has 1 aromatic carbocycles. The lowest BCUT2D eigenvalue weighted by Crippen LogP contribution is -2.34. The molecular formula is C17H24FNO6. The highest BCUT2D eigenvalue weighted by molar-refractivity contribution is 5.89. The third kappa shape index (κ3) is 6.67. The van der Waals surface area contributed by atoms with Gasteiger partial charge >= 0.3 is 12.1 Å². The maximum atomic E-state index is 14.0. The van der Waals surface area contributed by atoms with E-state index in [1.54, 1.807) is 20.8 Å². The van der Waals surface area contributed by atoms with Crippen molar-refractivity contribution in [2.45, 2.75) is 45.0 Å². The van der Waals surface area contributed by atoms with Crippen LogP contribution < -0.4 is 5.32 Å². The Morgan fingerprint density at radius 2 is 1.92 bits per heavy atom. The number of rotatable bonds is 6. The molecule has 2 unspecified atom stereocenters. The number of hydrogen-bond acceptors (Lipinski definition) is 6. The van der Waals surface area contributed by atoms with Crippen LogP contribution in [0.2, 0.25) is 0 Å². The minimum absolute atomic E-state index is 0.00275. The summed E-state index contributed by atoms with van der Waals surface area (Å²) in [6.45, 7) is 5.18. The number of aliphatic hydroxyl groups excluding tert-OH is 2. The first-order valence-electron chi connectivity index (χ1n) is 7.76. The average molecular weight is 357 g/mol. The van der Waals surface area contributed by atoms with Gasteiger partial charge in [-0.05, 0) is 39.3 Å². The summed E-state index contributed by atoms with van der Waals surface area (Å²) in [6.07, 6.45) is -3.48. The van der Waals surface area contributed by atoms with Gasteiger partial charge in [-0.15, -0.1) is 0 Å². The molecule has 0 heterocycles. The van der Waals surface area contributed by atoms with Crippen LogP contribution >= 0.6 is 0 Å². The molecule has 140 valence electrons. The van der Waals surface area contributed by atoms with E-state index in [-0.39, 0.29) is 24.1 Å². The highest BCUT2D eigenvalue weighted by atomic mass is 19.1. The maximum absolute atomic E-state index is 14.0. The van der Waals surface area contributed by atoms with Crippen LogP contribution in [0.3, 0.4) is 0 Å². The lowest BCUT2D eigenvalue weighted by Gasteiger charge is -2.21. The normalized spacial score (nSPS) is 13.7. The van der Waals surface area contributed by atoms with Gasteiger partial charge in [-0.3, -0.25) is 0 Å². The zero-order valence-corrected chi connectivity index (χ0v) is 14.7. The van der Waals surface area contributed by atoms with Crippen molar-refractivity contribution in [1.29, 1.82) is 0 Å².